The predicted molar refractivity (Wildman–Crippen MR) is 59.6 cm³/mol. The number of nitrogens with zero attached hydrogens (tertiary/aromatic N) is 2. The number of carbonyl (C=O) groups is 1. The van der Waals surface area contributed by atoms with E-state index in [4.69, 9.17) is 0 Å². The minimum absolute atomic E-state index is 0.166. The van der Waals surface area contributed by atoms with Crippen LogP contribution in [0.2, 0.25) is 0 Å². The van der Waals surface area contributed by atoms with Crippen LogP contribution in [0, 0.1) is 0 Å². The summed E-state index contributed by atoms with van der Waals surface area (Å²) in [7, 11) is 1.82. The SMILES string of the molecule is CCN(C)C(=O)CN1CCC(C)(O)CC1. The highest BCUT2D eigenvalue weighted by Crippen LogP contribution is 2.20. The van der Waals surface area contributed by atoms with Gasteiger partial charge in [-0.25, -0.2) is 0 Å². The quantitative estimate of drug-likeness (QED) is 0.735. The fourth-order valence-electron chi connectivity index (χ4n) is 1.68. The molecule has 1 heterocycles. The maximum Gasteiger partial charge on any atom is 0.236 e. The number of hydrogen-bond donors (Lipinski definition) is 1. The van der Waals surface area contributed by atoms with Crippen molar-refractivity contribution in [3.63, 3.8) is 0 Å². The summed E-state index contributed by atoms with van der Waals surface area (Å²) in [4.78, 5) is 15.5. The zero-order valence-corrected chi connectivity index (χ0v) is 9.99. The summed E-state index contributed by atoms with van der Waals surface area (Å²) in [5.41, 5.74) is -0.532. The number of carbonyl (C=O) groups excluding carboxylic acids is 1. The van der Waals surface area contributed by atoms with E-state index in [2.05, 4.69) is 4.90 Å². The number of likely N-dealkylation sites (tertiary alicyclic amines) is 1. The van der Waals surface area contributed by atoms with Crippen LogP contribution in [-0.4, -0.2) is 59.6 Å². The van der Waals surface area contributed by atoms with Crippen LogP contribution in [0.15, 0.2) is 0 Å². The van der Waals surface area contributed by atoms with Gasteiger partial charge in [0.05, 0.1) is 12.1 Å². The fourth-order valence-corrected chi connectivity index (χ4v) is 1.68. The Labute approximate surface area is 91.9 Å². The van der Waals surface area contributed by atoms with E-state index in [9.17, 15) is 9.90 Å². The van der Waals surface area contributed by atoms with E-state index < -0.39 is 5.60 Å². The lowest BCUT2D eigenvalue weighted by atomic mass is 9.94. The van der Waals surface area contributed by atoms with Gasteiger partial charge in [0, 0.05) is 26.7 Å². The molecule has 4 nitrogen and oxygen atoms in total. The van der Waals surface area contributed by atoms with Crippen LogP contribution in [0.4, 0.5) is 0 Å². The molecular weight excluding hydrogens is 192 g/mol. The molecule has 1 N–H and O–H groups in total. The second-order valence-corrected chi connectivity index (χ2v) is 4.68. The molecule has 88 valence electrons. The van der Waals surface area contributed by atoms with Gasteiger partial charge in [-0.2, -0.15) is 0 Å². The van der Waals surface area contributed by atoms with Gasteiger partial charge in [0.1, 0.15) is 0 Å². The van der Waals surface area contributed by atoms with Crippen LogP contribution in [0.3, 0.4) is 0 Å². The van der Waals surface area contributed by atoms with Gasteiger partial charge < -0.3 is 10.0 Å². The lowest BCUT2D eigenvalue weighted by Crippen LogP contribution is -2.46. The van der Waals surface area contributed by atoms with Crippen molar-refractivity contribution >= 4 is 5.91 Å². The van der Waals surface area contributed by atoms with Crippen molar-refractivity contribution in [3.05, 3.63) is 0 Å². The summed E-state index contributed by atoms with van der Waals surface area (Å²) < 4.78 is 0. The Morgan fingerprint density at radius 1 is 1.47 bits per heavy atom. The maximum absolute atomic E-state index is 11.6. The molecular formula is C11H22N2O2. The Hall–Kier alpha value is -0.610. The molecule has 0 atom stereocenters. The molecule has 1 aliphatic heterocycles. The Bertz CT molecular complexity index is 219. The molecule has 1 aliphatic rings. The molecule has 1 amide bonds. The number of aliphatic hydroxyl groups is 1. The van der Waals surface area contributed by atoms with Crippen molar-refractivity contribution in [2.45, 2.75) is 32.3 Å². The predicted octanol–water partition coefficient (Wildman–Crippen LogP) is 0.311. The Morgan fingerprint density at radius 2 is 2.00 bits per heavy atom. The fraction of sp³-hybridized carbons (Fsp3) is 0.909. The number of likely N-dealkylation sites (N-methyl/N-ethyl adjacent to an activating group) is 1. The number of amides is 1. The first-order valence-corrected chi connectivity index (χ1v) is 5.63. The number of hydrogen-bond acceptors (Lipinski definition) is 3. The standard InChI is InChI=1S/C11H22N2O2/c1-4-12(3)10(14)9-13-7-5-11(2,15)6-8-13/h15H,4-9H2,1-3H3. The van der Waals surface area contributed by atoms with E-state index in [0.29, 0.717) is 6.54 Å². The lowest BCUT2D eigenvalue weighted by Gasteiger charge is -2.35. The highest BCUT2D eigenvalue weighted by Gasteiger charge is 2.28. The molecule has 0 spiro atoms. The average molecular weight is 214 g/mol. The topological polar surface area (TPSA) is 43.8 Å². The molecule has 15 heavy (non-hydrogen) atoms. The number of rotatable bonds is 3. The third kappa shape index (κ3) is 3.80. The minimum Gasteiger partial charge on any atom is -0.390 e. The van der Waals surface area contributed by atoms with Gasteiger partial charge >= 0.3 is 0 Å². The van der Waals surface area contributed by atoms with Crippen LogP contribution in [-0.2, 0) is 4.79 Å². The molecule has 1 fully saturated rings. The van der Waals surface area contributed by atoms with E-state index >= 15 is 0 Å². The van der Waals surface area contributed by atoms with E-state index in [1.165, 1.54) is 0 Å². The zero-order valence-electron chi connectivity index (χ0n) is 9.99. The lowest BCUT2D eigenvalue weighted by molar-refractivity contribution is -0.132. The second-order valence-electron chi connectivity index (χ2n) is 4.68. The van der Waals surface area contributed by atoms with Crippen LogP contribution < -0.4 is 0 Å². The van der Waals surface area contributed by atoms with E-state index in [0.717, 1.165) is 32.5 Å². The number of piperidine rings is 1. The summed E-state index contributed by atoms with van der Waals surface area (Å²) in [5, 5.41) is 9.76. The van der Waals surface area contributed by atoms with Crippen LogP contribution in [0.1, 0.15) is 26.7 Å². The van der Waals surface area contributed by atoms with Crippen molar-refractivity contribution < 1.29 is 9.90 Å². The van der Waals surface area contributed by atoms with Crippen LogP contribution >= 0.6 is 0 Å². The second kappa shape index (κ2) is 4.94. The molecule has 4 heteroatoms. The zero-order chi connectivity index (χ0) is 11.5. The molecule has 0 aliphatic carbocycles. The first kappa shape index (κ1) is 12.5. The molecule has 0 saturated carbocycles. The molecule has 0 aromatic heterocycles. The van der Waals surface area contributed by atoms with Crippen molar-refractivity contribution in [3.8, 4) is 0 Å². The van der Waals surface area contributed by atoms with Gasteiger partial charge in [-0.15, -0.1) is 0 Å². The van der Waals surface area contributed by atoms with Gasteiger partial charge in [0.25, 0.3) is 0 Å². The molecule has 1 rings (SSSR count). The smallest absolute Gasteiger partial charge is 0.236 e. The monoisotopic (exact) mass is 214 g/mol. The molecule has 0 aromatic rings. The van der Waals surface area contributed by atoms with E-state index in [1.54, 1.807) is 4.90 Å². The summed E-state index contributed by atoms with van der Waals surface area (Å²) >= 11 is 0. The van der Waals surface area contributed by atoms with E-state index in [-0.39, 0.29) is 5.91 Å². The Morgan fingerprint density at radius 3 is 2.47 bits per heavy atom. The van der Waals surface area contributed by atoms with Crippen molar-refractivity contribution in [1.29, 1.82) is 0 Å². The van der Waals surface area contributed by atoms with Gasteiger partial charge in [0.2, 0.25) is 5.91 Å². The summed E-state index contributed by atoms with van der Waals surface area (Å²) in [6.07, 6.45) is 1.52. The van der Waals surface area contributed by atoms with Gasteiger partial charge in [0.15, 0.2) is 0 Å². The highest BCUT2D eigenvalue weighted by molar-refractivity contribution is 5.77. The van der Waals surface area contributed by atoms with Gasteiger partial charge in [-0.1, -0.05) is 0 Å². The maximum atomic E-state index is 11.6. The first-order chi connectivity index (χ1) is 6.94. The Kier molecular flexibility index (Phi) is 4.11. The summed E-state index contributed by atoms with van der Waals surface area (Å²) in [5.74, 6) is 0.166. The molecule has 1 saturated heterocycles. The van der Waals surface area contributed by atoms with Gasteiger partial charge in [-0.3, -0.25) is 9.69 Å². The average Bonchev–Trinajstić information content (AvgIpc) is 2.20. The van der Waals surface area contributed by atoms with Crippen molar-refractivity contribution in [2.75, 3.05) is 33.2 Å². The minimum atomic E-state index is -0.532. The van der Waals surface area contributed by atoms with Crippen LogP contribution in [0.5, 0.6) is 0 Å². The first-order valence-electron chi connectivity index (χ1n) is 5.63. The summed E-state index contributed by atoms with van der Waals surface area (Å²) in [6.45, 7) is 6.71. The van der Waals surface area contributed by atoms with Crippen LogP contribution in [0.25, 0.3) is 0 Å². The van der Waals surface area contributed by atoms with Crippen molar-refractivity contribution in [2.24, 2.45) is 0 Å². The Balaban J connectivity index is 2.33. The van der Waals surface area contributed by atoms with Crippen molar-refractivity contribution in [1.82, 2.24) is 9.80 Å². The molecule has 0 unspecified atom stereocenters. The summed E-state index contributed by atoms with van der Waals surface area (Å²) in [6, 6.07) is 0. The normalized spacial score (nSPS) is 21.3. The van der Waals surface area contributed by atoms with E-state index in [1.807, 2.05) is 20.9 Å². The largest absolute Gasteiger partial charge is 0.390 e. The molecule has 0 radical (unpaired) electrons. The molecule has 0 bridgehead atoms. The third-order valence-electron chi connectivity index (χ3n) is 3.19. The third-order valence-corrected chi connectivity index (χ3v) is 3.19. The molecule has 0 aromatic carbocycles. The highest BCUT2D eigenvalue weighted by atomic mass is 16.3. The van der Waals surface area contributed by atoms with Gasteiger partial charge in [-0.05, 0) is 26.7 Å².